The number of rotatable bonds is 7. The molecule has 1 aliphatic carbocycles. The maximum Gasteiger partial charge on any atom is 0.248 e. The van der Waals surface area contributed by atoms with Crippen molar-refractivity contribution in [3.63, 3.8) is 0 Å². The molecule has 2 aliphatic rings. The fourth-order valence-electron chi connectivity index (χ4n) is 3.36. The molecule has 26 heavy (non-hydrogen) atoms. The summed E-state index contributed by atoms with van der Waals surface area (Å²) in [4.78, 5) is 26.9. The molecular formula is C17H26N4O4S. The average molecular weight is 382 g/mol. The lowest BCUT2D eigenvalue weighted by Crippen LogP contribution is -2.56. The van der Waals surface area contributed by atoms with Crippen molar-refractivity contribution in [3.8, 4) is 0 Å². The molecule has 1 aliphatic heterocycles. The number of nitrogens with one attached hydrogen (secondary N) is 1. The van der Waals surface area contributed by atoms with Crippen LogP contribution in [0.25, 0.3) is 0 Å². The summed E-state index contributed by atoms with van der Waals surface area (Å²) in [5.41, 5.74) is -0.786. The van der Waals surface area contributed by atoms with Gasteiger partial charge in [-0.1, -0.05) is 0 Å². The molecule has 2 heterocycles. The van der Waals surface area contributed by atoms with E-state index in [1.54, 1.807) is 28.0 Å². The van der Waals surface area contributed by atoms with Crippen LogP contribution < -0.4 is 5.32 Å². The topological polar surface area (TPSA) is 101 Å². The van der Waals surface area contributed by atoms with Gasteiger partial charge in [0.15, 0.2) is 0 Å². The Morgan fingerprint density at radius 3 is 2.50 bits per heavy atom. The van der Waals surface area contributed by atoms with Crippen molar-refractivity contribution in [1.29, 1.82) is 0 Å². The number of carbonyl (C=O) groups is 2. The minimum absolute atomic E-state index is 0.0124. The molecule has 1 saturated heterocycles. The van der Waals surface area contributed by atoms with Gasteiger partial charge in [-0.15, -0.1) is 0 Å². The van der Waals surface area contributed by atoms with E-state index in [1.807, 2.05) is 0 Å². The standard InChI is InChI=1S/C17H26N4O4S/c1-26(24,25)12-5-15(22)20-10-6-17(7-11-20,21-9-2-8-19-21)16(23)18-13-14-3-4-14/h2,8-9,14H,3-7,10-13H2,1H3,(H,18,23). The van der Waals surface area contributed by atoms with E-state index in [9.17, 15) is 18.0 Å². The first-order valence-electron chi connectivity index (χ1n) is 9.04. The number of piperidine rings is 1. The van der Waals surface area contributed by atoms with Crippen molar-refractivity contribution in [3.05, 3.63) is 18.5 Å². The fraction of sp³-hybridized carbons (Fsp3) is 0.706. The lowest BCUT2D eigenvalue weighted by atomic mass is 9.86. The van der Waals surface area contributed by atoms with Gasteiger partial charge in [0.1, 0.15) is 15.4 Å². The molecule has 3 rings (SSSR count). The zero-order valence-corrected chi connectivity index (χ0v) is 15.9. The molecule has 0 radical (unpaired) electrons. The first kappa shape index (κ1) is 18.9. The van der Waals surface area contributed by atoms with E-state index in [2.05, 4.69) is 10.4 Å². The Bertz CT molecular complexity index is 748. The second kappa shape index (κ2) is 7.38. The highest BCUT2D eigenvalue weighted by molar-refractivity contribution is 7.90. The van der Waals surface area contributed by atoms with E-state index in [1.165, 1.54) is 0 Å². The predicted octanol–water partition coefficient (Wildman–Crippen LogP) is 0.162. The smallest absolute Gasteiger partial charge is 0.248 e. The quantitative estimate of drug-likeness (QED) is 0.724. The molecule has 0 spiro atoms. The SMILES string of the molecule is CS(=O)(=O)CCC(=O)N1CCC(C(=O)NCC2CC2)(n2cccn2)CC1. The summed E-state index contributed by atoms with van der Waals surface area (Å²) < 4.78 is 24.2. The average Bonchev–Trinajstić information content (AvgIpc) is 3.27. The molecule has 1 saturated carbocycles. The van der Waals surface area contributed by atoms with E-state index in [0.29, 0.717) is 38.4 Å². The van der Waals surface area contributed by atoms with E-state index in [4.69, 9.17) is 0 Å². The first-order valence-corrected chi connectivity index (χ1v) is 11.1. The molecular weight excluding hydrogens is 356 g/mol. The van der Waals surface area contributed by atoms with Crippen LogP contribution in [0.3, 0.4) is 0 Å². The largest absolute Gasteiger partial charge is 0.354 e. The van der Waals surface area contributed by atoms with Crippen molar-refractivity contribution in [1.82, 2.24) is 20.0 Å². The summed E-state index contributed by atoms with van der Waals surface area (Å²) in [5.74, 6) is 0.222. The molecule has 2 fully saturated rings. The zero-order valence-electron chi connectivity index (χ0n) is 15.1. The highest BCUT2D eigenvalue weighted by atomic mass is 32.2. The van der Waals surface area contributed by atoms with Crippen molar-refractivity contribution < 1.29 is 18.0 Å². The Balaban J connectivity index is 1.65. The number of likely N-dealkylation sites (tertiary alicyclic amines) is 1. The highest BCUT2D eigenvalue weighted by Gasteiger charge is 2.44. The summed E-state index contributed by atoms with van der Waals surface area (Å²) in [7, 11) is -3.16. The summed E-state index contributed by atoms with van der Waals surface area (Å²) in [6.07, 6.45) is 7.82. The monoisotopic (exact) mass is 382 g/mol. The molecule has 0 bridgehead atoms. The lowest BCUT2D eigenvalue weighted by Gasteiger charge is -2.40. The van der Waals surface area contributed by atoms with Crippen LogP contribution >= 0.6 is 0 Å². The van der Waals surface area contributed by atoms with Crippen LogP contribution in [0, 0.1) is 5.92 Å². The fourth-order valence-corrected chi connectivity index (χ4v) is 3.91. The second-order valence-corrected chi connectivity index (χ2v) is 9.66. The maximum absolute atomic E-state index is 12.9. The number of nitrogens with zero attached hydrogens (tertiary/aromatic N) is 3. The third kappa shape index (κ3) is 4.44. The van der Waals surface area contributed by atoms with Gasteiger partial charge in [-0.25, -0.2) is 8.42 Å². The van der Waals surface area contributed by atoms with Crippen LogP contribution in [0.5, 0.6) is 0 Å². The Hall–Kier alpha value is -1.90. The van der Waals surface area contributed by atoms with Crippen molar-refractivity contribution >= 4 is 21.7 Å². The van der Waals surface area contributed by atoms with Gasteiger partial charge in [0.2, 0.25) is 11.8 Å². The summed E-state index contributed by atoms with van der Waals surface area (Å²) >= 11 is 0. The molecule has 2 amide bonds. The van der Waals surface area contributed by atoms with Crippen LogP contribution in [-0.4, -0.2) is 66.6 Å². The molecule has 1 aromatic rings. The molecule has 0 aromatic carbocycles. The number of hydrogen-bond acceptors (Lipinski definition) is 5. The van der Waals surface area contributed by atoms with Crippen molar-refractivity contribution in [2.75, 3.05) is 31.6 Å². The van der Waals surface area contributed by atoms with Gasteiger partial charge < -0.3 is 10.2 Å². The molecule has 1 aromatic heterocycles. The number of sulfone groups is 1. The van der Waals surface area contributed by atoms with Crippen LogP contribution in [0.15, 0.2) is 18.5 Å². The number of carbonyl (C=O) groups excluding carboxylic acids is 2. The van der Waals surface area contributed by atoms with Crippen LogP contribution in [0.4, 0.5) is 0 Å². The van der Waals surface area contributed by atoms with Crippen LogP contribution in [0.1, 0.15) is 32.1 Å². The van der Waals surface area contributed by atoms with E-state index < -0.39 is 15.4 Å². The Morgan fingerprint density at radius 1 is 1.27 bits per heavy atom. The molecule has 8 nitrogen and oxygen atoms in total. The van der Waals surface area contributed by atoms with Crippen molar-refractivity contribution in [2.24, 2.45) is 5.92 Å². The maximum atomic E-state index is 12.9. The summed E-state index contributed by atoms with van der Waals surface area (Å²) in [6, 6.07) is 1.79. The van der Waals surface area contributed by atoms with Gasteiger partial charge in [-0.2, -0.15) is 5.10 Å². The second-order valence-electron chi connectivity index (χ2n) is 7.40. The third-order valence-electron chi connectivity index (χ3n) is 5.24. The van der Waals surface area contributed by atoms with Gasteiger partial charge in [-0.3, -0.25) is 14.3 Å². The number of aromatic nitrogens is 2. The van der Waals surface area contributed by atoms with E-state index >= 15 is 0 Å². The zero-order chi connectivity index (χ0) is 18.8. The lowest BCUT2D eigenvalue weighted by molar-refractivity contribution is -0.139. The van der Waals surface area contributed by atoms with Crippen molar-refractivity contribution in [2.45, 2.75) is 37.6 Å². The summed E-state index contributed by atoms with van der Waals surface area (Å²) in [5, 5.41) is 7.34. The minimum Gasteiger partial charge on any atom is -0.354 e. The number of amides is 2. The van der Waals surface area contributed by atoms with Crippen LogP contribution in [0.2, 0.25) is 0 Å². The van der Waals surface area contributed by atoms with E-state index in [0.717, 1.165) is 19.1 Å². The highest BCUT2D eigenvalue weighted by Crippen LogP contribution is 2.32. The van der Waals surface area contributed by atoms with Gasteiger partial charge in [0, 0.05) is 44.7 Å². The van der Waals surface area contributed by atoms with Gasteiger partial charge in [0.25, 0.3) is 0 Å². The predicted molar refractivity (Wildman–Crippen MR) is 96.1 cm³/mol. The van der Waals surface area contributed by atoms with E-state index in [-0.39, 0.29) is 24.0 Å². The normalized spacial score (nSPS) is 20.0. The Labute approximate surface area is 153 Å². The molecule has 9 heteroatoms. The molecule has 1 N–H and O–H groups in total. The molecule has 144 valence electrons. The molecule has 0 unspecified atom stereocenters. The Kier molecular flexibility index (Phi) is 5.36. The van der Waals surface area contributed by atoms with Gasteiger partial charge in [0.05, 0.1) is 5.75 Å². The third-order valence-corrected chi connectivity index (χ3v) is 6.19. The van der Waals surface area contributed by atoms with Crippen LogP contribution in [-0.2, 0) is 25.0 Å². The first-order chi connectivity index (χ1) is 12.3. The number of hydrogen-bond donors (Lipinski definition) is 1. The molecule has 0 atom stereocenters. The summed E-state index contributed by atoms with van der Waals surface area (Å²) in [6.45, 7) is 1.53. The van der Waals surface area contributed by atoms with Gasteiger partial charge in [-0.05, 0) is 37.7 Å². The van der Waals surface area contributed by atoms with Gasteiger partial charge >= 0.3 is 0 Å². The Morgan fingerprint density at radius 2 is 1.96 bits per heavy atom. The minimum atomic E-state index is -3.16.